The molecule has 0 atom stereocenters. The van der Waals surface area contributed by atoms with Gasteiger partial charge in [0.2, 0.25) is 0 Å². The number of rotatable bonds is 2. The zero-order chi connectivity index (χ0) is 11.8. The number of anilines is 1. The van der Waals surface area contributed by atoms with Crippen LogP contribution in [0.25, 0.3) is 11.2 Å². The van der Waals surface area contributed by atoms with Gasteiger partial charge in [-0.05, 0) is 12.8 Å². The maximum atomic E-state index is 9.29. The van der Waals surface area contributed by atoms with Gasteiger partial charge in [-0.2, -0.15) is 4.98 Å². The molecule has 2 heterocycles. The van der Waals surface area contributed by atoms with Gasteiger partial charge in [-0.3, -0.25) is 10.7 Å². The van der Waals surface area contributed by atoms with Gasteiger partial charge in [0.05, 0.1) is 0 Å². The Balaban J connectivity index is 2.13. The lowest BCUT2D eigenvalue weighted by Gasteiger charge is -2.08. The van der Waals surface area contributed by atoms with Crippen molar-refractivity contribution in [1.82, 2.24) is 19.9 Å². The molecule has 7 heteroatoms. The van der Waals surface area contributed by atoms with E-state index in [1.807, 2.05) is 5.48 Å². The molecule has 0 bridgehead atoms. The van der Waals surface area contributed by atoms with Crippen LogP contribution in [0.15, 0.2) is 0 Å². The minimum absolute atomic E-state index is 0.227. The fraction of sp³-hybridized carbons (Fsp3) is 0.500. The van der Waals surface area contributed by atoms with Crippen LogP contribution >= 0.6 is 0 Å². The summed E-state index contributed by atoms with van der Waals surface area (Å²) in [5.74, 6) is 1.26. The van der Waals surface area contributed by atoms with E-state index in [-0.39, 0.29) is 11.8 Å². The van der Waals surface area contributed by atoms with Crippen molar-refractivity contribution in [3.05, 3.63) is 5.82 Å². The molecule has 0 spiro atoms. The van der Waals surface area contributed by atoms with Crippen LogP contribution in [0.5, 0.6) is 6.01 Å². The zero-order valence-corrected chi connectivity index (χ0v) is 9.14. The van der Waals surface area contributed by atoms with E-state index in [9.17, 15) is 5.11 Å². The molecule has 0 amide bonds. The molecule has 0 aromatic carbocycles. The second-order valence-electron chi connectivity index (χ2n) is 4.28. The molecule has 1 fully saturated rings. The van der Waals surface area contributed by atoms with Crippen molar-refractivity contribution in [3.63, 3.8) is 0 Å². The smallest absolute Gasteiger partial charge is 0.293 e. The molecular formula is C10H13N5O2. The van der Waals surface area contributed by atoms with Crippen molar-refractivity contribution in [2.75, 3.05) is 5.48 Å². The summed E-state index contributed by atoms with van der Waals surface area (Å²) in [6.45, 7) is 0. The first kappa shape index (κ1) is 10.3. The largest absolute Gasteiger partial charge is 0.480 e. The van der Waals surface area contributed by atoms with Crippen LogP contribution in [0, 0.1) is 0 Å². The highest BCUT2D eigenvalue weighted by Gasteiger charge is 2.22. The Morgan fingerprint density at radius 3 is 2.65 bits per heavy atom. The predicted molar refractivity (Wildman–Crippen MR) is 60.0 cm³/mol. The average molecular weight is 235 g/mol. The number of H-pyrrole nitrogens is 1. The predicted octanol–water partition coefficient (Wildman–Crippen LogP) is 1.52. The normalized spacial score (nSPS) is 16.8. The van der Waals surface area contributed by atoms with E-state index in [4.69, 9.17) is 5.21 Å². The number of aromatic amines is 1. The van der Waals surface area contributed by atoms with E-state index in [1.54, 1.807) is 0 Å². The molecule has 1 saturated carbocycles. The van der Waals surface area contributed by atoms with Crippen LogP contribution in [-0.4, -0.2) is 30.2 Å². The number of hydrogen-bond donors (Lipinski definition) is 4. The summed E-state index contributed by atoms with van der Waals surface area (Å²) in [4.78, 5) is 15.0. The summed E-state index contributed by atoms with van der Waals surface area (Å²) in [7, 11) is 0. The number of aromatic hydroxyl groups is 1. The third-order valence-electron chi connectivity index (χ3n) is 3.18. The van der Waals surface area contributed by atoms with Crippen LogP contribution in [0.1, 0.15) is 37.4 Å². The van der Waals surface area contributed by atoms with Gasteiger partial charge < -0.3 is 10.1 Å². The third-order valence-corrected chi connectivity index (χ3v) is 3.18. The quantitative estimate of drug-likeness (QED) is 0.588. The maximum Gasteiger partial charge on any atom is 0.293 e. The topological polar surface area (TPSA) is 107 Å². The molecule has 4 N–H and O–H groups in total. The summed E-state index contributed by atoms with van der Waals surface area (Å²) in [6.07, 6.45) is 4.49. The van der Waals surface area contributed by atoms with Crippen LogP contribution in [0.2, 0.25) is 0 Å². The number of hydrogen-bond acceptors (Lipinski definition) is 6. The monoisotopic (exact) mass is 235 g/mol. The second-order valence-corrected chi connectivity index (χ2v) is 4.28. The highest BCUT2D eigenvalue weighted by molar-refractivity contribution is 5.82. The van der Waals surface area contributed by atoms with E-state index in [0.717, 1.165) is 12.8 Å². The number of aromatic nitrogens is 4. The molecule has 0 saturated heterocycles. The van der Waals surface area contributed by atoms with Crippen LogP contribution in [-0.2, 0) is 0 Å². The lowest BCUT2D eigenvalue weighted by molar-refractivity contribution is 0.386. The molecule has 0 radical (unpaired) electrons. The fourth-order valence-corrected chi connectivity index (χ4v) is 2.35. The number of fused-ring (bicyclic) bond motifs is 1. The molecule has 2 aromatic heterocycles. The highest BCUT2D eigenvalue weighted by atomic mass is 16.5. The Labute approximate surface area is 96.9 Å². The Morgan fingerprint density at radius 1 is 1.18 bits per heavy atom. The second kappa shape index (κ2) is 3.85. The van der Waals surface area contributed by atoms with Gasteiger partial charge in [0, 0.05) is 5.92 Å². The van der Waals surface area contributed by atoms with Crippen molar-refractivity contribution in [3.8, 4) is 6.01 Å². The first-order valence-corrected chi connectivity index (χ1v) is 5.64. The Kier molecular flexibility index (Phi) is 2.32. The van der Waals surface area contributed by atoms with Gasteiger partial charge in [0.25, 0.3) is 6.01 Å². The lowest BCUT2D eigenvalue weighted by atomic mass is 10.1. The minimum Gasteiger partial charge on any atom is -0.480 e. The molecule has 0 aliphatic heterocycles. The van der Waals surface area contributed by atoms with Crippen molar-refractivity contribution in [2.45, 2.75) is 31.6 Å². The van der Waals surface area contributed by atoms with E-state index in [0.29, 0.717) is 22.9 Å². The average Bonchev–Trinajstić information content (AvgIpc) is 2.94. The van der Waals surface area contributed by atoms with Crippen molar-refractivity contribution >= 4 is 17.0 Å². The lowest BCUT2D eigenvalue weighted by Crippen LogP contribution is -2.05. The number of nitrogens with one attached hydrogen (secondary N) is 2. The van der Waals surface area contributed by atoms with Crippen molar-refractivity contribution in [1.29, 1.82) is 0 Å². The molecule has 7 nitrogen and oxygen atoms in total. The summed E-state index contributed by atoms with van der Waals surface area (Å²) in [5, 5.41) is 18.3. The van der Waals surface area contributed by atoms with Crippen LogP contribution < -0.4 is 5.48 Å². The summed E-state index contributed by atoms with van der Waals surface area (Å²) >= 11 is 0. The fourth-order valence-electron chi connectivity index (χ4n) is 2.35. The van der Waals surface area contributed by atoms with E-state index < -0.39 is 0 Å². The van der Waals surface area contributed by atoms with E-state index >= 15 is 0 Å². The van der Waals surface area contributed by atoms with Gasteiger partial charge in [0.1, 0.15) is 11.3 Å². The van der Waals surface area contributed by atoms with Gasteiger partial charge in [-0.1, -0.05) is 12.8 Å². The highest BCUT2D eigenvalue weighted by Crippen LogP contribution is 2.33. The standard InChI is InChI=1S/C10H13N5O2/c16-10-11-6-8(14-10)12-7(13-9(6)15-17)5-3-1-2-4-5/h5,17H,1-4H2,(H3,11,12,13,14,15,16). The maximum absolute atomic E-state index is 9.29. The van der Waals surface area contributed by atoms with E-state index in [1.165, 1.54) is 12.8 Å². The molecule has 3 rings (SSSR count). The van der Waals surface area contributed by atoms with Crippen LogP contribution in [0.4, 0.5) is 5.82 Å². The number of imidazole rings is 1. The molecule has 2 aromatic rings. The zero-order valence-electron chi connectivity index (χ0n) is 9.14. The first-order chi connectivity index (χ1) is 8.28. The number of nitrogens with zero attached hydrogens (tertiary/aromatic N) is 3. The Bertz CT molecular complexity index is 547. The summed E-state index contributed by atoms with van der Waals surface area (Å²) in [6, 6.07) is -0.227. The molecule has 17 heavy (non-hydrogen) atoms. The van der Waals surface area contributed by atoms with Crippen molar-refractivity contribution in [2.24, 2.45) is 0 Å². The van der Waals surface area contributed by atoms with Crippen LogP contribution in [0.3, 0.4) is 0 Å². The van der Waals surface area contributed by atoms with Gasteiger partial charge in [0.15, 0.2) is 11.5 Å². The molecule has 1 aliphatic carbocycles. The van der Waals surface area contributed by atoms with Crippen molar-refractivity contribution < 1.29 is 10.3 Å². The van der Waals surface area contributed by atoms with Gasteiger partial charge in [-0.25, -0.2) is 9.97 Å². The third kappa shape index (κ3) is 1.68. The Morgan fingerprint density at radius 2 is 1.94 bits per heavy atom. The van der Waals surface area contributed by atoms with Gasteiger partial charge >= 0.3 is 0 Å². The van der Waals surface area contributed by atoms with Gasteiger partial charge in [-0.15, -0.1) is 0 Å². The molecular weight excluding hydrogens is 222 g/mol. The molecule has 0 unspecified atom stereocenters. The molecule has 1 aliphatic rings. The molecule has 90 valence electrons. The first-order valence-electron chi connectivity index (χ1n) is 5.64. The minimum atomic E-state index is -0.227. The summed E-state index contributed by atoms with van der Waals surface area (Å²) < 4.78 is 0. The summed E-state index contributed by atoms with van der Waals surface area (Å²) in [5.41, 5.74) is 2.79. The Hall–Kier alpha value is -1.89. The van der Waals surface area contributed by atoms with E-state index in [2.05, 4.69) is 19.9 Å². The SMILES string of the molecule is ONc1nc(C2CCCC2)nc2nc(O)[nH]c12.